The van der Waals surface area contributed by atoms with E-state index in [2.05, 4.69) is 5.32 Å². The number of nitrogens with one attached hydrogen (secondary N) is 1. The summed E-state index contributed by atoms with van der Waals surface area (Å²) in [4.78, 5) is 0. The zero-order valence-electron chi connectivity index (χ0n) is 8.22. The zero-order valence-corrected chi connectivity index (χ0v) is 8.22. The van der Waals surface area contributed by atoms with Crippen LogP contribution in [-0.2, 0) is 6.54 Å². The Bertz CT molecular complexity index is 327. The van der Waals surface area contributed by atoms with Gasteiger partial charge in [0.05, 0.1) is 7.11 Å². The molecule has 1 aromatic rings. The van der Waals surface area contributed by atoms with Crippen LogP contribution < -0.4 is 10.1 Å². The molecular weight excluding hydrogens is 181 g/mol. The molecule has 1 N–H and O–H groups in total. The summed E-state index contributed by atoms with van der Waals surface area (Å²) in [5, 5.41) is 3.19. The largest absolute Gasteiger partial charge is 0.496 e. The van der Waals surface area contributed by atoms with Crippen LogP contribution in [0.25, 0.3) is 0 Å². The fourth-order valence-corrected chi connectivity index (χ4v) is 1.87. The van der Waals surface area contributed by atoms with Gasteiger partial charge < -0.3 is 10.1 Å². The summed E-state index contributed by atoms with van der Waals surface area (Å²) in [6.07, 6.45) is -0.385. The molecular formula is C11H14FNO. The van der Waals surface area contributed by atoms with Gasteiger partial charge >= 0.3 is 0 Å². The highest BCUT2D eigenvalue weighted by atomic mass is 19.1. The van der Waals surface area contributed by atoms with Crippen LogP contribution in [0.1, 0.15) is 23.7 Å². The number of fused-ring (bicyclic) bond motifs is 1. The second-order valence-corrected chi connectivity index (χ2v) is 3.47. The van der Waals surface area contributed by atoms with Crippen LogP contribution in [0.5, 0.6) is 5.75 Å². The van der Waals surface area contributed by atoms with Crippen LogP contribution in [0.2, 0.25) is 0 Å². The number of alkyl halides is 1. The Labute approximate surface area is 83.1 Å². The quantitative estimate of drug-likeness (QED) is 0.741. The van der Waals surface area contributed by atoms with Crippen molar-refractivity contribution >= 4 is 0 Å². The zero-order chi connectivity index (χ0) is 9.97. The highest BCUT2D eigenvalue weighted by Gasteiger charge is 2.21. The Hall–Kier alpha value is -1.09. The Morgan fingerprint density at radius 3 is 3.14 bits per heavy atom. The van der Waals surface area contributed by atoms with E-state index < -0.39 is 6.17 Å². The summed E-state index contributed by atoms with van der Waals surface area (Å²) in [6, 6.07) is 5.66. The number of hydrogen-bond acceptors (Lipinski definition) is 2. The molecule has 0 amide bonds. The first-order chi connectivity index (χ1) is 6.83. The Morgan fingerprint density at radius 2 is 2.36 bits per heavy atom. The van der Waals surface area contributed by atoms with Gasteiger partial charge in [-0.3, -0.25) is 0 Å². The van der Waals surface area contributed by atoms with E-state index in [-0.39, 0.29) is 0 Å². The molecule has 1 aliphatic heterocycles. The molecule has 0 aliphatic carbocycles. The lowest BCUT2D eigenvalue weighted by molar-refractivity contribution is 0.310. The van der Waals surface area contributed by atoms with Gasteiger partial charge in [0.1, 0.15) is 11.9 Å². The average molecular weight is 195 g/mol. The van der Waals surface area contributed by atoms with Gasteiger partial charge in [-0.1, -0.05) is 12.1 Å². The maximum Gasteiger partial charge on any atom is 0.130 e. The summed E-state index contributed by atoms with van der Waals surface area (Å²) in [5.41, 5.74) is 1.73. The van der Waals surface area contributed by atoms with Gasteiger partial charge in [-0.05, 0) is 24.6 Å². The average Bonchev–Trinajstić information content (AvgIpc) is 2.40. The van der Waals surface area contributed by atoms with E-state index in [1.807, 2.05) is 18.2 Å². The third-order valence-corrected chi connectivity index (χ3v) is 2.58. The molecule has 1 aromatic carbocycles. The van der Waals surface area contributed by atoms with Crippen molar-refractivity contribution in [3.05, 3.63) is 29.3 Å². The standard InChI is InChI=1S/C11H14FNO/c1-14-10-4-2-3-8-7-13-6-5-9(12)11(8)10/h2-4,9,13H,5-7H2,1H3. The molecule has 3 heteroatoms. The molecule has 0 bridgehead atoms. The SMILES string of the molecule is COc1cccc2c1C(F)CCNC2. The normalized spacial score (nSPS) is 21.1. The molecule has 1 aliphatic rings. The van der Waals surface area contributed by atoms with E-state index in [1.165, 1.54) is 0 Å². The van der Waals surface area contributed by atoms with Crippen molar-refractivity contribution in [2.45, 2.75) is 19.1 Å². The Morgan fingerprint density at radius 1 is 1.50 bits per heavy atom. The third-order valence-electron chi connectivity index (χ3n) is 2.58. The van der Waals surface area contributed by atoms with Crippen molar-refractivity contribution in [2.24, 2.45) is 0 Å². The molecule has 2 rings (SSSR count). The third kappa shape index (κ3) is 1.60. The lowest BCUT2D eigenvalue weighted by Crippen LogP contribution is -2.12. The van der Waals surface area contributed by atoms with E-state index in [0.717, 1.165) is 24.2 Å². The number of ether oxygens (including phenoxy) is 1. The van der Waals surface area contributed by atoms with Crippen LogP contribution in [-0.4, -0.2) is 13.7 Å². The minimum atomic E-state index is -0.906. The second kappa shape index (κ2) is 3.96. The van der Waals surface area contributed by atoms with E-state index >= 15 is 0 Å². The minimum absolute atomic E-state index is 0.521. The van der Waals surface area contributed by atoms with Crippen molar-refractivity contribution in [3.8, 4) is 5.75 Å². The van der Waals surface area contributed by atoms with Gasteiger partial charge in [0.2, 0.25) is 0 Å². The molecule has 1 unspecified atom stereocenters. The molecule has 76 valence electrons. The molecule has 1 atom stereocenters. The molecule has 2 nitrogen and oxygen atoms in total. The molecule has 14 heavy (non-hydrogen) atoms. The summed E-state index contributed by atoms with van der Waals surface area (Å²) < 4.78 is 18.9. The van der Waals surface area contributed by atoms with E-state index in [4.69, 9.17) is 4.74 Å². The van der Waals surface area contributed by atoms with Crippen molar-refractivity contribution in [1.29, 1.82) is 0 Å². The number of rotatable bonds is 1. The van der Waals surface area contributed by atoms with Crippen LogP contribution in [0.3, 0.4) is 0 Å². The molecule has 0 saturated heterocycles. The minimum Gasteiger partial charge on any atom is -0.496 e. The molecule has 0 radical (unpaired) electrons. The van der Waals surface area contributed by atoms with Crippen LogP contribution >= 0.6 is 0 Å². The monoisotopic (exact) mass is 195 g/mol. The Balaban J connectivity index is 2.47. The Kier molecular flexibility index (Phi) is 2.68. The first-order valence-corrected chi connectivity index (χ1v) is 4.83. The molecule has 0 fully saturated rings. The van der Waals surface area contributed by atoms with Gasteiger partial charge in [-0.15, -0.1) is 0 Å². The first kappa shape index (κ1) is 9.46. The second-order valence-electron chi connectivity index (χ2n) is 3.47. The van der Waals surface area contributed by atoms with Crippen molar-refractivity contribution in [2.75, 3.05) is 13.7 Å². The fraction of sp³-hybridized carbons (Fsp3) is 0.455. The summed E-state index contributed by atoms with van der Waals surface area (Å²) in [6.45, 7) is 1.45. The summed E-state index contributed by atoms with van der Waals surface area (Å²) >= 11 is 0. The maximum absolute atomic E-state index is 13.8. The highest BCUT2D eigenvalue weighted by molar-refractivity contribution is 5.42. The lowest BCUT2D eigenvalue weighted by atomic mass is 10.0. The number of methoxy groups -OCH3 is 1. The van der Waals surface area contributed by atoms with Gasteiger partial charge in [-0.25, -0.2) is 4.39 Å². The van der Waals surface area contributed by atoms with E-state index in [1.54, 1.807) is 7.11 Å². The molecule has 0 aromatic heterocycles. The highest BCUT2D eigenvalue weighted by Crippen LogP contribution is 2.34. The predicted molar refractivity (Wildman–Crippen MR) is 53.2 cm³/mol. The van der Waals surface area contributed by atoms with Gasteiger partial charge in [0, 0.05) is 12.1 Å². The summed E-state index contributed by atoms with van der Waals surface area (Å²) in [5.74, 6) is 0.665. The van der Waals surface area contributed by atoms with Gasteiger partial charge in [0.15, 0.2) is 0 Å². The first-order valence-electron chi connectivity index (χ1n) is 4.83. The molecule has 0 saturated carbocycles. The van der Waals surface area contributed by atoms with Gasteiger partial charge in [0.25, 0.3) is 0 Å². The fourth-order valence-electron chi connectivity index (χ4n) is 1.87. The molecule has 1 heterocycles. The molecule has 0 spiro atoms. The van der Waals surface area contributed by atoms with Crippen LogP contribution in [0, 0.1) is 0 Å². The van der Waals surface area contributed by atoms with Crippen molar-refractivity contribution in [1.82, 2.24) is 5.32 Å². The van der Waals surface area contributed by atoms with E-state index in [0.29, 0.717) is 12.2 Å². The number of benzene rings is 1. The number of halogens is 1. The lowest BCUT2D eigenvalue weighted by Gasteiger charge is -2.13. The topological polar surface area (TPSA) is 21.3 Å². The maximum atomic E-state index is 13.8. The summed E-state index contributed by atoms with van der Waals surface area (Å²) in [7, 11) is 1.58. The number of hydrogen-bond donors (Lipinski definition) is 1. The smallest absolute Gasteiger partial charge is 0.130 e. The predicted octanol–water partition coefficient (Wildman–Crippen LogP) is 2.20. The van der Waals surface area contributed by atoms with Crippen molar-refractivity contribution < 1.29 is 9.13 Å². The van der Waals surface area contributed by atoms with E-state index in [9.17, 15) is 4.39 Å². The van der Waals surface area contributed by atoms with Crippen LogP contribution in [0.15, 0.2) is 18.2 Å². The van der Waals surface area contributed by atoms with Gasteiger partial charge in [-0.2, -0.15) is 0 Å². The van der Waals surface area contributed by atoms with Crippen LogP contribution in [0.4, 0.5) is 4.39 Å². The van der Waals surface area contributed by atoms with Crippen molar-refractivity contribution in [3.63, 3.8) is 0 Å².